The minimum atomic E-state index is -1.90. The number of primary amides is 1. The first-order chi connectivity index (χ1) is 10.8. The average molecular weight is 326 g/mol. The summed E-state index contributed by atoms with van der Waals surface area (Å²) < 4.78 is 14.1. The molecular formula is C15H23FN4O3. The molecule has 7 nitrogen and oxygen atoms in total. The maximum atomic E-state index is 14.1. The van der Waals surface area contributed by atoms with Crippen molar-refractivity contribution >= 4 is 17.5 Å². The van der Waals surface area contributed by atoms with E-state index in [1.807, 2.05) is 13.8 Å². The van der Waals surface area contributed by atoms with Gasteiger partial charge in [-0.3, -0.25) is 14.6 Å². The number of halogens is 1. The Morgan fingerprint density at radius 3 is 2.57 bits per heavy atom. The number of amides is 2. The Labute approximate surface area is 134 Å². The van der Waals surface area contributed by atoms with Gasteiger partial charge in [0.2, 0.25) is 0 Å². The van der Waals surface area contributed by atoms with Crippen LogP contribution in [0.15, 0.2) is 12.3 Å². The molecule has 0 unspecified atom stereocenters. The summed E-state index contributed by atoms with van der Waals surface area (Å²) in [6, 6.07) is 1.06. The Kier molecular flexibility index (Phi) is 6.89. The van der Waals surface area contributed by atoms with Gasteiger partial charge in [-0.1, -0.05) is 0 Å². The van der Waals surface area contributed by atoms with Crippen LogP contribution in [0.25, 0.3) is 0 Å². The van der Waals surface area contributed by atoms with Gasteiger partial charge in [0.15, 0.2) is 6.17 Å². The average Bonchev–Trinajstić information content (AvgIpc) is 2.46. The molecule has 0 aliphatic heterocycles. The number of pyridine rings is 1. The van der Waals surface area contributed by atoms with Gasteiger partial charge in [0.1, 0.15) is 0 Å². The van der Waals surface area contributed by atoms with Crippen molar-refractivity contribution in [1.82, 2.24) is 10.3 Å². The number of rotatable bonds is 8. The molecule has 0 saturated carbocycles. The van der Waals surface area contributed by atoms with Crippen molar-refractivity contribution in [2.24, 2.45) is 5.73 Å². The van der Waals surface area contributed by atoms with Crippen molar-refractivity contribution in [3.8, 4) is 0 Å². The lowest BCUT2D eigenvalue weighted by Gasteiger charge is -2.17. The lowest BCUT2D eigenvalue weighted by molar-refractivity contribution is -0.126. The van der Waals surface area contributed by atoms with Crippen LogP contribution in [0.4, 0.5) is 10.1 Å². The number of nitrogens with one attached hydrogen (secondary N) is 2. The van der Waals surface area contributed by atoms with E-state index in [9.17, 15) is 14.0 Å². The van der Waals surface area contributed by atoms with Crippen LogP contribution in [-0.2, 0) is 11.2 Å². The predicted octanol–water partition coefficient (Wildman–Crippen LogP) is 0.378. The first kappa shape index (κ1) is 18.8. The molecule has 0 spiro atoms. The van der Waals surface area contributed by atoms with E-state index >= 15 is 0 Å². The Balaban J connectivity index is 2.99. The van der Waals surface area contributed by atoms with E-state index in [0.717, 1.165) is 0 Å². The van der Waals surface area contributed by atoms with Crippen LogP contribution < -0.4 is 16.4 Å². The predicted molar refractivity (Wildman–Crippen MR) is 84.8 cm³/mol. The summed E-state index contributed by atoms with van der Waals surface area (Å²) >= 11 is 0. The number of nitrogens with zero attached hydrogens (tertiary/aromatic N) is 1. The molecule has 2 amide bonds. The maximum absolute atomic E-state index is 14.1. The number of anilines is 1. The molecule has 2 atom stereocenters. The molecule has 0 saturated heterocycles. The Hall–Kier alpha value is -2.22. The minimum absolute atomic E-state index is 0.0400. The maximum Gasteiger partial charge on any atom is 0.255 e. The van der Waals surface area contributed by atoms with E-state index in [1.165, 1.54) is 6.20 Å². The van der Waals surface area contributed by atoms with Crippen molar-refractivity contribution in [2.75, 3.05) is 11.9 Å². The zero-order chi connectivity index (χ0) is 17.6. The number of hydrogen-bond donors (Lipinski definition) is 4. The van der Waals surface area contributed by atoms with Gasteiger partial charge >= 0.3 is 0 Å². The van der Waals surface area contributed by atoms with Gasteiger partial charge in [-0.25, -0.2) is 4.39 Å². The van der Waals surface area contributed by atoms with Crippen molar-refractivity contribution in [2.45, 2.75) is 45.4 Å². The molecule has 0 aromatic carbocycles. The van der Waals surface area contributed by atoms with Gasteiger partial charge in [-0.2, -0.15) is 0 Å². The van der Waals surface area contributed by atoms with Gasteiger partial charge in [-0.15, -0.1) is 0 Å². The zero-order valence-corrected chi connectivity index (χ0v) is 13.5. The van der Waals surface area contributed by atoms with Gasteiger partial charge in [-0.05, 0) is 26.8 Å². The second kappa shape index (κ2) is 8.42. The molecule has 23 heavy (non-hydrogen) atoms. The second-order valence-electron chi connectivity index (χ2n) is 5.61. The monoisotopic (exact) mass is 326 g/mol. The summed E-state index contributed by atoms with van der Waals surface area (Å²) in [6.45, 7) is 5.01. The molecule has 0 fully saturated rings. The number of alkyl halides is 1. The lowest BCUT2D eigenvalue weighted by Crippen LogP contribution is -2.41. The van der Waals surface area contributed by atoms with E-state index in [0.29, 0.717) is 5.69 Å². The number of aliphatic hydroxyl groups excluding tert-OH is 1. The first-order valence-corrected chi connectivity index (χ1v) is 7.35. The zero-order valence-electron chi connectivity index (χ0n) is 13.5. The fraction of sp³-hybridized carbons (Fsp3) is 0.533. The van der Waals surface area contributed by atoms with Crippen molar-refractivity contribution in [3.05, 3.63) is 23.5 Å². The molecule has 1 heterocycles. The fourth-order valence-electron chi connectivity index (χ4n) is 2.01. The highest BCUT2D eigenvalue weighted by molar-refractivity contribution is 5.99. The smallest absolute Gasteiger partial charge is 0.255 e. The molecule has 0 aliphatic carbocycles. The van der Waals surface area contributed by atoms with Crippen LogP contribution in [0.3, 0.4) is 0 Å². The van der Waals surface area contributed by atoms with Gasteiger partial charge < -0.3 is 21.5 Å². The van der Waals surface area contributed by atoms with E-state index in [-0.39, 0.29) is 30.3 Å². The summed E-state index contributed by atoms with van der Waals surface area (Å²) in [5.41, 5.74) is 6.01. The third kappa shape index (κ3) is 5.48. The van der Waals surface area contributed by atoms with Crippen LogP contribution in [0, 0.1) is 0 Å². The summed E-state index contributed by atoms with van der Waals surface area (Å²) in [5.74, 6) is -1.61. The molecule has 5 N–H and O–H groups in total. The molecular weight excluding hydrogens is 303 g/mol. The molecule has 0 bridgehead atoms. The topological polar surface area (TPSA) is 117 Å². The molecule has 8 heteroatoms. The third-order valence-corrected chi connectivity index (χ3v) is 3.04. The summed E-state index contributed by atoms with van der Waals surface area (Å²) in [4.78, 5) is 27.4. The standard InChI is InChI=1S/C15H23FN4O3/c1-8(2)19-11-4-5-18-12(13(11)14(17)22)6-10(16)15(23)20-9(3)7-21/h4-5,8-10,21H,6-7H2,1-3H3,(H2,17,22)(H,18,19)(H,20,23)/t9-,10+/m0/s1. The van der Waals surface area contributed by atoms with Crippen LogP contribution in [-0.4, -0.2) is 46.8 Å². The van der Waals surface area contributed by atoms with Crippen LogP contribution in [0.1, 0.15) is 36.8 Å². The molecule has 128 valence electrons. The fourth-order valence-corrected chi connectivity index (χ4v) is 2.01. The normalized spacial score (nSPS) is 13.5. The van der Waals surface area contributed by atoms with Crippen LogP contribution >= 0.6 is 0 Å². The Morgan fingerprint density at radius 2 is 2.04 bits per heavy atom. The quantitative estimate of drug-likeness (QED) is 0.551. The second-order valence-corrected chi connectivity index (χ2v) is 5.61. The molecule has 1 rings (SSSR count). The van der Waals surface area contributed by atoms with Crippen molar-refractivity contribution in [3.63, 3.8) is 0 Å². The molecule has 1 aromatic heterocycles. The summed E-state index contributed by atoms with van der Waals surface area (Å²) in [7, 11) is 0. The van der Waals surface area contributed by atoms with E-state index < -0.39 is 24.0 Å². The minimum Gasteiger partial charge on any atom is -0.394 e. The van der Waals surface area contributed by atoms with E-state index in [4.69, 9.17) is 10.8 Å². The number of aromatic nitrogens is 1. The third-order valence-electron chi connectivity index (χ3n) is 3.04. The van der Waals surface area contributed by atoms with Crippen molar-refractivity contribution < 1.29 is 19.1 Å². The van der Waals surface area contributed by atoms with E-state index in [2.05, 4.69) is 15.6 Å². The largest absolute Gasteiger partial charge is 0.394 e. The van der Waals surface area contributed by atoms with Crippen LogP contribution in [0.5, 0.6) is 0 Å². The highest BCUT2D eigenvalue weighted by atomic mass is 19.1. The molecule has 1 aromatic rings. The lowest BCUT2D eigenvalue weighted by atomic mass is 10.0. The number of carbonyl (C=O) groups excluding carboxylic acids is 2. The number of hydrogen-bond acceptors (Lipinski definition) is 5. The highest BCUT2D eigenvalue weighted by Crippen LogP contribution is 2.20. The SMILES string of the molecule is CC(C)Nc1ccnc(C[C@@H](F)C(=O)N[C@@H](C)CO)c1C(N)=O. The number of aliphatic hydroxyl groups is 1. The van der Waals surface area contributed by atoms with Gasteiger partial charge in [0, 0.05) is 24.7 Å². The first-order valence-electron chi connectivity index (χ1n) is 7.35. The van der Waals surface area contributed by atoms with Gasteiger partial charge in [0.25, 0.3) is 11.8 Å². The highest BCUT2D eigenvalue weighted by Gasteiger charge is 2.24. The number of carbonyl (C=O) groups is 2. The molecule has 0 radical (unpaired) electrons. The number of nitrogens with two attached hydrogens (primary N) is 1. The van der Waals surface area contributed by atoms with E-state index in [1.54, 1.807) is 13.0 Å². The van der Waals surface area contributed by atoms with Crippen molar-refractivity contribution in [1.29, 1.82) is 0 Å². The summed E-state index contributed by atoms with van der Waals surface area (Å²) in [5, 5.41) is 14.2. The molecule has 0 aliphatic rings. The van der Waals surface area contributed by atoms with Gasteiger partial charge in [0.05, 0.1) is 23.6 Å². The Morgan fingerprint density at radius 1 is 1.39 bits per heavy atom. The van der Waals surface area contributed by atoms with Crippen LogP contribution in [0.2, 0.25) is 0 Å². The summed E-state index contributed by atoms with van der Waals surface area (Å²) in [6.07, 6.45) is -0.854. The Bertz CT molecular complexity index is 566.